The number of hydrogen-bond donors (Lipinski definition) is 1. The average molecular weight is 362 g/mol. The molecular formula is C18H13F3N2OS. The lowest BCUT2D eigenvalue weighted by atomic mass is 10.1. The summed E-state index contributed by atoms with van der Waals surface area (Å²) >= 11 is 1.46. The number of carbonyl (C=O) groups is 1. The van der Waals surface area contributed by atoms with E-state index in [4.69, 9.17) is 0 Å². The standard InChI is InChI=1S/C18H13F3N2OS/c19-18(20,21)13-5-3-4-12(10-13)11-22-16(24)8-9-17-23-14-6-1-2-7-15(14)25-17/h1-10H,11H2,(H,22,24)/b9-8+. The summed E-state index contributed by atoms with van der Waals surface area (Å²) in [6.07, 6.45) is -1.48. The number of amides is 1. The average Bonchev–Trinajstić information content (AvgIpc) is 3.00. The maximum absolute atomic E-state index is 12.7. The zero-order valence-corrected chi connectivity index (χ0v) is 13.7. The number of fused-ring (bicyclic) bond motifs is 1. The van der Waals surface area contributed by atoms with Crippen molar-refractivity contribution in [3.63, 3.8) is 0 Å². The lowest BCUT2D eigenvalue weighted by Crippen LogP contribution is -2.20. The fourth-order valence-electron chi connectivity index (χ4n) is 2.21. The van der Waals surface area contributed by atoms with Crippen LogP contribution in [0.5, 0.6) is 0 Å². The summed E-state index contributed by atoms with van der Waals surface area (Å²) in [5, 5.41) is 3.26. The first kappa shape index (κ1) is 17.2. The molecule has 0 aliphatic heterocycles. The van der Waals surface area contributed by atoms with Crippen molar-refractivity contribution in [3.05, 3.63) is 70.7 Å². The summed E-state index contributed by atoms with van der Waals surface area (Å²) in [6, 6.07) is 12.5. The van der Waals surface area contributed by atoms with Gasteiger partial charge in [0.15, 0.2) is 0 Å². The number of nitrogens with one attached hydrogen (secondary N) is 1. The molecule has 0 atom stereocenters. The molecule has 2 aromatic carbocycles. The number of thiazole rings is 1. The molecule has 3 aromatic rings. The van der Waals surface area contributed by atoms with Crippen molar-refractivity contribution in [2.24, 2.45) is 0 Å². The van der Waals surface area contributed by atoms with Gasteiger partial charge in [0, 0.05) is 12.6 Å². The molecule has 0 aliphatic rings. The van der Waals surface area contributed by atoms with Gasteiger partial charge >= 0.3 is 6.18 Å². The van der Waals surface area contributed by atoms with E-state index in [9.17, 15) is 18.0 Å². The van der Waals surface area contributed by atoms with Crippen LogP contribution in [0.2, 0.25) is 0 Å². The molecular weight excluding hydrogens is 349 g/mol. The number of rotatable bonds is 4. The van der Waals surface area contributed by atoms with Gasteiger partial charge in [0.25, 0.3) is 0 Å². The van der Waals surface area contributed by atoms with Crippen LogP contribution in [0.1, 0.15) is 16.1 Å². The van der Waals surface area contributed by atoms with Crippen LogP contribution in [0.15, 0.2) is 54.6 Å². The number of nitrogens with zero attached hydrogens (tertiary/aromatic N) is 1. The molecule has 0 fully saturated rings. The molecule has 0 saturated heterocycles. The third-order valence-corrected chi connectivity index (χ3v) is 4.41. The van der Waals surface area contributed by atoms with Crippen LogP contribution >= 0.6 is 11.3 Å². The SMILES string of the molecule is O=C(/C=C/c1nc2ccccc2s1)NCc1cccc(C(F)(F)F)c1. The molecule has 25 heavy (non-hydrogen) atoms. The van der Waals surface area contributed by atoms with Gasteiger partial charge in [0.05, 0.1) is 15.8 Å². The summed E-state index contributed by atoms with van der Waals surface area (Å²) in [5.41, 5.74) is 0.511. The third kappa shape index (κ3) is 4.45. The lowest BCUT2D eigenvalue weighted by molar-refractivity contribution is -0.137. The first-order valence-electron chi connectivity index (χ1n) is 7.39. The highest BCUT2D eigenvalue weighted by Gasteiger charge is 2.30. The van der Waals surface area contributed by atoms with Crippen molar-refractivity contribution in [2.75, 3.05) is 0 Å². The second-order valence-corrected chi connectivity index (χ2v) is 6.33. The van der Waals surface area contributed by atoms with E-state index in [1.165, 1.54) is 29.5 Å². The van der Waals surface area contributed by atoms with Gasteiger partial charge < -0.3 is 5.32 Å². The van der Waals surface area contributed by atoms with Gasteiger partial charge in [-0.15, -0.1) is 11.3 Å². The van der Waals surface area contributed by atoms with E-state index in [-0.39, 0.29) is 6.54 Å². The van der Waals surface area contributed by atoms with Gasteiger partial charge in [-0.2, -0.15) is 13.2 Å². The largest absolute Gasteiger partial charge is 0.416 e. The Labute approximate surface area is 145 Å². The van der Waals surface area contributed by atoms with Crippen molar-refractivity contribution in [2.45, 2.75) is 12.7 Å². The van der Waals surface area contributed by atoms with Gasteiger partial charge in [-0.1, -0.05) is 24.3 Å². The molecule has 1 heterocycles. The second-order valence-electron chi connectivity index (χ2n) is 5.27. The Morgan fingerprint density at radius 1 is 1.16 bits per heavy atom. The summed E-state index contributed by atoms with van der Waals surface area (Å²) in [4.78, 5) is 16.2. The smallest absolute Gasteiger partial charge is 0.348 e. The minimum Gasteiger partial charge on any atom is -0.348 e. The monoisotopic (exact) mass is 362 g/mol. The molecule has 0 bridgehead atoms. The number of hydrogen-bond acceptors (Lipinski definition) is 3. The van der Waals surface area contributed by atoms with E-state index >= 15 is 0 Å². The summed E-state index contributed by atoms with van der Waals surface area (Å²) in [6.45, 7) is 0.0208. The van der Waals surface area contributed by atoms with E-state index in [0.717, 1.165) is 22.3 Å². The quantitative estimate of drug-likeness (QED) is 0.687. The molecule has 0 aliphatic carbocycles. The zero-order valence-electron chi connectivity index (χ0n) is 12.9. The normalized spacial score (nSPS) is 12.0. The molecule has 3 rings (SSSR count). The van der Waals surface area contributed by atoms with Crippen LogP contribution in [0.3, 0.4) is 0 Å². The van der Waals surface area contributed by atoms with E-state index in [1.54, 1.807) is 6.08 Å². The van der Waals surface area contributed by atoms with Crippen LogP contribution in [-0.2, 0) is 17.5 Å². The van der Waals surface area contributed by atoms with Gasteiger partial charge in [0.2, 0.25) is 5.91 Å². The number of halogens is 3. The van der Waals surface area contributed by atoms with Gasteiger partial charge in [-0.25, -0.2) is 4.98 Å². The van der Waals surface area contributed by atoms with Crippen molar-refractivity contribution in [3.8, 4) is 0 Å². The second kappa shape index (κ2) is 7.06. The summed E-state index contributed by atoms with van der Waals surface area (Å²) < 4.78 is 39.0. The Balaban J connectivity index is 1.61. The number of benzene rings is 2. The minimum atomic E-state index is -4.40. The van der Waals surface area contributed by atoms with Crippen molar-refractivity contribution in [1.29, 1.82) is 0 Å². The molecule has 1 amide bonds. The van der Waals surface area contributed by atoms with E-state index < -0.39 is 17.6 Å². The van der Waals surface area contributed by atoms with Crippen LogP contribution in [0, 0.1) is 0 Å². The van der Waals surface area contributed by atoms with E-state index in [1.807, 2.05) is 24.3 Å². The van der Waals surface area contributed by atoms with Crippen LogP contribution < -0.4 is 5.32 Å². The fourth-order valence-corrected chi connectivity index (χ4v) is 3.08. The van der Waals surface area contributed by atoms with Gasteiger partial charge in [-0.3, -0.25) is 4.79 Å². The number of para-hydroxylation sites is 1. The first-order valence-corrected chi connectivity index (χ1v) is 8.21. The molecule has 1 aromatic heterocycles. The molecule has 7 heteroatoms. The highest BCUT2D eigenvalue weighted by atomic mass is 32.1. The van der Waals surface area contributed by atoms with Crippen molar-refractivity contribution in [1.82, 2.24) is 10.3 Å². The summed E-state index contributed by atoms with van der Waals surface area (Å²) in [7, 11) is 0. The molecule has 0 spiro atoms. The topological polar surface area (TPSA) is 42.0 Å². The third-order valence-electron chi connectivity index (χ3n) is 3.41. The highest BCUT2D eigenvalue weighted by molar-refractivity contribution is 7.19. The Morgan fingerprint density at radius 2 is 1.96 bits per heavy atom. The minimum absolute atomic E-state index is 0.0208. The molecule has 128 valence electrons. The molecule has 0 saturated carbocycles. The first-order chi connectivity index (χ1) is 11.9. The fraction of sp³-hybridized carbons (Fsp3) is 0.111. The predicted octanol–water partition coefficient (Wildman–Crippen LogP) is 4.64. The Bertz CT molecular complexity index is 898. The number of aromatic nitrogens is 1. The summed E-state index contributed by atoms with van der Waals surface area (Å²) in [5.74, 6) is -0.392. The highest BCUT2D eigenvalue weighted by Crippen LogP contribution is 2.29. The van der Waals surface area contributed by atoms with Crippen LogP contribution in [0.25, 0.3) is 16.3 Å². The van der Waals surface area contributed by atoms with Gasteiger partial charge in [-0.05, 0) is 35.9 Å². The Morgan fingerprint density at radius 3 is 2.72 bits per heavy atom. The lowest BCUT2D eigenvalue weighted by Gasteiger charge is -2.08. The molecule has 1 N–H and O–H groups in total. The number of alkyl halides is 3. The van der Waals surface area contributed by atoms with Crippen molar-refractivity contribution < 1.29 is 18.0 Å². The molecule has 3 nitrogen and oxygen atoms in total. The van der Waals surface area contributed by atoms with Crippen LogP contribution in [-0.4, -0.2) is 10.9 Å². The predicted molar refractivity (Wildman–Crippen MR) is 91.9 cm³/mol. The number of carbonyl (C=O) groups excluding carboxylic acids is 1. The maximum atomic E-state index is 12.7. The van der Waals surface area contributed by atoms with Crippen molar-refractivity contribution >= 4 is 33.5 Å². The van der Waals surface area contributed by atoms with E-state index in [0.29, 0.717) is 10.6 Å². The Kier molecular flexibility index (Phi) is 4.85. The maximum Gasteiger partial charge on any atom is 0.416 e. The molecule has 0 unspecified atom stereocenters. The van der Waals surface area contributed by atoms with Crippen LogP contribution in [0.4, 0.5) is 13.2 Å². The van der Waals surface area contributed by atoms with E-state index in [2.05, 4.69) is 10.3 Å². The van der Waals surface area contributed by atoms with Gasteiger partial charge in [0.1, 0.15) is 5.01 Å². The zero-order chi connectivity index (χ0) is 17.9. The molecule has 0 radical (unpaired) electrons. The Hall–Kier alpha value is -2.67.